The third-order valence-corrected chi connectivity index (χ3v) is 7.18. The van der Waals surface area contributed by atoms with E-state index in [1.807, 2.05) is 54.3 Å². The number of rotatable bonds is 8. The van der Waals surface area contributed by atoms with Crippen molar-refractivity contribution in [2.45, 2.75) is 45.0 Å². The number of carbonyl (C=O) groups excluding carboxylic acids is 2. The molecular weight excluding hydrogens is 466 g/mol. The Morgan fingerprint density at radius 3 is 2.65 bits per heavy atom. The first kappa shape index (κ1) is 25.0. The van der Waals surface area contributed by atoms with Gasteiger partial charge in [-0.05, 0) is 54.2 Å². The molecule has 2 heterocycles. The smallest absolute Gasteiger partial charge is 0.255 e. The van der Waals surface area contributed by atoms with Crippen LogP contribution in [0.3, 0.4) is 0 Å². The Bertz CT molecular complexity index is 1280. The van der Waals surface area contributed by atoms with E-state index in [1.165, 1.54) is 11.1 Å². The van der Waals surface area contributed by atoms with Crippen LogP contribution in [0.4, 0.5) is 0 Å². The minimum atomic E-state index is -0.737. The molecule has 2 atom stereocenters. The number of nitrogens with zero attached hydrogens (tertiary/aromatic N) is 1. The summed E-state index contributed by atoms with van der Waals surface area (Å²) >= 11 is 0. The predicted molar refractivity (Wildman–Crippen MR) is 142 cm³/mol. The molecule has 7 heteroatoms. The van der Waals surface area contributed by atoms with Gasteiger partial charge >= 0.3 is 0 Å². The second-order valence-electron chi connectivity index (χ2n) is 9.64. The highest BCUT2D eigenvalue weighted by atomic mass is 16.5. The van der Waals surface area contributed by atoms with E-state index in [-0.39, 0.29) is 24.4 Å². The third kappa shape index (κ3) is 5.53. The molecule has 3 aromatic rings. The minimum absolute atomic E-state index is 0.0582. The van der Waals surface area contributed by atoms with Gasteiger partial charge in [0.1, 0.15) is 5.75 Å². The van der Waals surface area contributed by atoms with Crippen LogP contribution in [0.25, 0.3) is 0 Å². The first-order valence-corrected chi connectivity index (χ1v) is 12.9. The molecule has 0 fully saturated rings. The SMILES string of the molecule is CCOc1cc2c(cc1C(=O)NC[C@@H](O)[C@@H]1Cc3ccccc3CN1)CCN(Cc1ccccc1)C2=O. The zero-order chi connectivity index (χ0) is 25.8. The number of hydrogen-bond acceptors (Lipinski definition) is 5. The summed E-state index contributed by atoms with van der Waals surface area (Å²) < 4.78 is 5.78. The zero-order valence-corrected chi connectivity index (χ0v) is 21.1. The molecule has 3 N–H and O–H groups in total. The van der Waals surface area contributed by atoms with Crippen LogP contribution in [-0.4, -0.2) is 53.7 Å². The van der Waals surface area contributed by atoms with Gasteiger partial charge in [-0.3, -0.25) is 9.59 Å². The van der Waals surface area contributed by atoms with Crippen molar-refractivity contribution >= 4 is 11.8 Å². The number of aliphatic hydroxyl groups is 1. The lowest BCUT2D eigenvalue weighted by atomic mass is 9.93. The summed E-state index contributed by atoms with van der Waals surface area (Å²) in [6.07, 6.45) is 0.630. The van der Waals surface area contributed by atoms with Crippen LogP contribution in [0, 0.1) is 0 Å². The number of carbonyl (C=O) groups is 2. The molecule has 192 valence electrons. The highest BCUT2D eigenvalue weighted by Gasteiger charge is 2.29. The largest absolute Gasteiger partial charge is 0.493 e. The van der Waals surface area contributed by atoms with Crippen LogP contribution in [0.2, 0.25) is 0 Å². The molecule has 7 nitrogen and oxygen atoms in total. The highest BCUT2D eigenvalue weighted by Crippen LogP contribution is 2.29. The van der Waals surface area contributed by atoms with E-state index in [0.717, 1.165) is 11.1 Å². The molecule has 2 aliphatic rings. The summed E-state index contributed by atoms with van der Waals surface area (Å²) in [4.78, 5) is 28.3. The summed E-state index contributed by atoms with van der Waals surface area (Å²) in [5.74, 6) is 0.00522. The van der Waals surface area contributed by atoms with E-state index >= 15 is 0 Å². The van der Waals surface area contributed by atoms with Crippen molar-refractivity contribution in [1.29, 1.82) is 0 Å². The van der Waals surface area contributed by atoms with E-state index in [9.17, 15) is 14.7 Å². The standard InChI is InChI=1S/C30H33N3O4/c1-2-37-28-16-24-22(12-13-33(30(24)36)19-20-8-4-3-5-9-20)14-25(28)29(35)32-18-27(34)26-15-21-10-6-7-11-23(21)17-31-26/h3-11,14,16,26-27,31,34H,2,12-13,15,17-19H2,1H3,(H,32,35)/t26-,27+/m0/s1. The summed E-state index contributed by atoms with van der Waals surface area (Å²) in [6.45, 7) is 4.16. The number of nitrogens with one attached hydrogen (secondary N) is 2. The molecular formula is C30H33N3O4. The van der Waals surface area contributed by atoms with Crippen molar-refractivity contribution < 1.29 is 19.4 Å². The van der Waals surface area contributed by atoms with Crippen LogP contribution >= 0.6 is 0 Å². The molecule has 2 amide bonds. The summed E-state index contributed by atoms with van der Waals surface area (Å²) in [6, 6.07) is 21.4. The van der Waals surface area contributed by atoms with E-state index in [0.29, 0.717) is 56.0 Å². The molecule has 0 aromatic heterocycles. The van der Waals surface area contributed by atoms with Crippen molar-refractivity contribution in [3.63, 3.8) is 0 Å². The summed E-state index contributed by atoms with van der Waals surface area (Å²) in [5.41, 5.74) is 5.34. The van der Waals surface area contributed by atoms with Crippen molar-refractivity contribution in [3.05, 3.63) is 100 Å². The molecule has 37 heavy (non-hydrogen) atoms. The van der Waals surface area contributed by atoms with Gasteiger partial charge in [0.15, 0.2) is 0 Å². The lowest BCUT2D eigenvalue weighted by Gasteiger charge is -2.30. The Labute approximate surface area is 217 Å². The quantitative estimate of drug-likeness (QED) is 0.443. The summed E-state index contributed by atoms with van der Waals surface area (Å²) in [5, 5.41) is 17.0. The fourth-order valence-corrected chi connectivity index (χ4v) is 5.15. The predicted octanol–water partition coefficient (Wildman–Crippen LogP) is 3.09. The van der Waals surface area contributed by atoms with E-state index in [1.54, 1.807) is 12.1 Å². The zero-order valence-electron chi connectivity index (χ0n) is 21.1. The molecule has 0 saturated carbocycles. The van der Waals surface area contributed by atoms with Crippen LogP contribution in [0.1, 0.15) is 49.9 Å². The minimum Gasteiger partial charge on any atom is -0.493 e. The number of hydrogen-bond donors (Lipinski definition) is 3. The molecule has 0 spiro atoms. The van der Waals surface area contributed by atoms with E-state index in [2.05, 4.69) is 22.8 Å². The average Bonchev–Trinajstić information content (AvgIpc) is 2.93. The number of aliphatic hydroxyl groups excluding tert-OH is 1. The Kier molecular flexibility index (Phi) is 7.53. The van der Waals surface area contributed by atoms with Crippen LogP contribution < -0.4 is 15.4 Å². The van der Waals surface area contributed by atoms with Gasteiger partial charge in [-0.15, -0.1) is 0 Å². The maximum absolute atomic E-state index is 13.3. The van der Waals surface area contributed by atoms with Gasteiger partial charge in [0.2, 0.25) is 0 Å². The van der Waals surface area contributed by atoms with Gasteiger partial charge in [0, 0.05) is 37.8 Å². The molecule has 0 unspecified atom stereocenters. The summed E-state index contributed by atoms with van der Waals surface area (Å²) in [7, 11) is 0. The average molecular weight is 500 g/mol. The third-order valence-electron chi connectivity index (χ3n) is 7.18. The van der Waals surface area contributed by atoms with Gasteiger partial charge in [-0.25, -0.2) is 0 Å². The maximum atomic E-state index is 13.3. The second-order valence-corrected chi connectivity index (χ2v) is 9.64. The Balaban J connectivity index is 1.27. The second kappa shape index (κ2) is 11.2. The van der Waals surface area contributed by atoms with Gasteiger partial charge in [-0.2, -0.15) is 0 Å². The monoisotopic (exact) mass is 499 g/mol. The molecule has 2 aliphatic heterocycles. The Morgan fingerprint density at radius 1 is 1.11 bits per heavy atom. The Morgan fingerprint density at radius 2 is 1.86 bits per heavy atom. The molecule has 3 aromatic carbocycles. The van der Waals surface area contributed by atoms with E-state index < -0.39 is 6.10 Å². The van der Waals surface area contributed by atoms with Crippen molar-refractivity contribution in [2.24, 2.45) is 0 Å². The van der Waals surface area contributed by atoms with Crippen LogP contribution in [0.5, 0.6) is 5.75 Å². The van der Waals surface area contributed by atoms with Gasteiger partial charge in [0.05, 0.1) is 18.3 Å². The van der Waals surface area contributed by atoms with E-state index in [4.69, 9.17) is 4.74 Å². The fourth-order valence-electron chi connectivity index (χ4n) is 5.15. The molecule has 0 aliphatic carbocycles. The molecule has 0 radical (unpaired) electrons. The first-order chi connectivity index (χ1) is 18.0. The van der Waals surface area contributed by atoms with Gasteiger partial charge < -0.3 is 25.4 Å². The van der Waals surface area contributed by atoms with Crippen LogP contribution in [-0.2, 0) is 25.9 Å². The number of amides is 2. The Hall–Kier alpha value is -3.68. The maximum Gasteiger partial charge on any atom is 0.255 e. The van der Waals surface area contributed by atoms with Crippen molar-refractivity contribution in [1.82, 2.24) is 15.5 Å². The van der Waals surface area contributed by atoms with Gasteiger partial charge in [-0.1, -0.05) is 54.6 Å². The lowest BCUT2D eigenvalue weighted by Crippen LogP contribution is -2.49. The molecule has 0 bridgehead atoms. The fraction of sp³-hybridized carbons (Fsp3) is 0.333. The highest BCUT2D eigenvalue weighted by molar-refractivity contribution is 6.02. The van der Waals surface area contributed by atoms with Crippen molar-refractivity contribution in [2.75, 3.05) is 19.7 Å². The molecule has 5 rings (SSSR count). The number of fused-ring (bicyclic) bond motifs is 2. The number of ether oxygens (including phenoxy) is 1. The molecule has 0 saturated heterocycles. The first-order valence-electron chi connectivity index (χ1n) is 12.9. The van der Waals surface area contributed by atoms with Crippen LogP contribution in [0.15, 0.2) is 66.7 Å². The van der Waals surface area contributed by atoms with Gasteiger partial charge in [0.25, 0.3) is 11.8 Å². The van der Waals surface area contributed by atoms with Crippen molar-refractivity contribution in [3.8, 4) is 5.75 Å². The lowest BCUT2D eigenvalue weighted by molar-refractivity contribution is 0.0725. The topological polar surface area (TPSA) is 90.9 Å². The normalized spacial score (nSPS) is 17.5. The number of benzene rings is 3.